The maximum Gasteiger partial charge on any atom is 0.133 e. The lowest BCUT2D eigenvalue weighted by atomic mass is 10.1. The van der Waals surface area contributed by atoms with Crippen LogP contribution in [0.5, 0.6) is 0 Å². The van der Waals surface area contributed by atoms with E-state index in [1.807, 2.05) is 18.2 Å². The number of rotatable bonds is 5. The van der Waals surface area contributed by atoms with Crippen molar-refractivity contribution in [1.82, 2.24) is 0 Å². The van der Waals surface area contributed by atoms with E-state index < -0.39 is 5.92 Å². The molecule has 2 heteroatoms. The van der Waals surface area contributed by atoms with Gasteiger partial charge in [-0.25, -0.2) is 0 Å². The topological polar surface area (TPSA) is 47.6 Å². The van der Waals surface area contributed by atoms with Gasteiger partial charge >= 0.3 is 0 Å². The highest BCUT2D eigenvalue weighted by molar-refractivity contribution is 4.99. The summed E-state index contributed by atoms with van der Waals surface area (Å²) >= 11 is 0. The van der Waals surface area contributed by atoms with Gasteiger partial charge in [0.25, 0.3) is 0 Å². The summed E-state index contributed by atoms with van der Waals surface area (Å²) in [6.07, 6.45) is 7.89. The van der Waals surface area contributed by atoms with Crippen LogP contribution in [-0.2, 0) is 0 Å². The van der Waals surface area contributed by atoms with E-state index in [9.17, 15) is 0 Å². The maximum absolute atomic E-state index is 8.43. The summed E-state index contributed by atoms with van der Waals surface area (Å²) in [4.78, 5) is 0. The van der Waals surface area contributed by atoms with Gasteiger partial charge in [0.15, 0.2) is 0 Å². The molecule has 0 heterocycles. The van der Waals surface area contributed by atoms with Gasteiger partial charge in [-0.1, -0.05) is 25.5 Å². The lowest BCUT2D eigenvalue weighted by Crippen LogP contribution is -1.90. The van der Waals surface area contributed by atoms with Gasteiger partial charge in [-0.05, 0) is 19.3 Å². The van der Waals surface area contributed by atoms with Gasteiger partial charge in [-0.2, -0.15) is 10.5 Å². The molecule has 0 saturated heterocycles. The normalized spacial score (nSPS) is 10.0. The number of allylic oxidation sites excluding steroid dienone is 2. The first kappa shape index (κ1) is 10.7. The third-order valence-corrected chi connectivity index (χ3v) is 1.56. The predicted molar refractivity (Wildman–Crippen MR) is 48.0 cm³/mol. The fraction of sp³-hybridized carbons (Fsp3) is 0.600. The zero-order valence-electron chi connectivity index (χ0n) is 7.45. The fourth-order valence-electron chi connectivity index (χ4n) is 0.823. The summed E-state index contributed by atoms with van der Waals surface area (Å²) in [7, 11) is 0. The Hall–Kier alpha value is -1.28. The molecule has 12 heavy (non-hydrogen) atoms. The van der Waals surface area contributed by atoms with Crippen LogP contribution in [0.1, 0.15) is 32.6 Å². The molecule has 0 N–H and O–H groups in total. The standard InChI is InChI=1S/C10H14N2/c1-2-3-4-5-6-7-10(8-11)9-12/h4-5,10H,2-3,6-7H2,1H3. The first-order valence-corrected chi connectivity index (χ1v) is 4.29. The second-order valence-electron chi connectivity index (χ2n) is 2.65. The van der Waals surface area contributed by atoms with E-state index in [0.29, 0.717) is 6.42 Å². The van der Waals surface area contributed by atoms with Crippen LogP contribution in [0.3, 0.4) is 0 Å². The number of unbranched alkanes of at least 4 members (excludes halogenated alkanes) is 1. The molecule has 0 aliphatic carbocycles. The molecule has 0 atom stereocenters. The highest BCUT2D eigenvalue weighted by atomic mass is 14.3. The third kappa shape index (κ3) is 5.50. The average Bonchev–Trinajstić information content (AvgIpc) is 2.11. The molecule has 0 amide bonds. The molecular weight excluding hydrogens is 148 g/mol. The van der Waals surface area contributed by atoms with Crippen LogP contribution >= 0.6 is 0 Å². The summed E-state index contributed by atoms with van der Waals surface area (Å²) < 4.78 is 0. The summed E-state index contributed by atoms with van der Waals surface area (Å²) in [5.41, 5.74) is 0. The van der Waals surface area contributed by atoms with E-state index in [2.05, 4.69) is 13.0 Å². The SMILES string of the molecule is CCCC=CCCC(C#N)C#N. The Morgan fingerprint density at radius 3 is 2.25 bits per heavy atom. The van der Waals surface area contributed by atoms with Crippen molar-refractivity contribution >= 4 is 0 Å². The van der Waals surface area contributed by atoms with Crippen LogP contribution in [0.2, 0.25) is 0 Å². The number of nitriles is 2. The van der Waals surface area contributed by atoms with Crippen molar-refractivity contribution in [2.24, 2.45) is 5.92 Å². The van der Waals surface area contributed by atoms with Crippen molar-refractivity contribution in [3.05, 3.63) is 12.2 Å². The highest BCUT2D eigenvalue weighted by Crippen LogP contribution is 2.04. The van der Waals surface area contributed by atoms with Gasteiger partial charge in [0.2, 0.25) is 0 Å². The van der Waals surface area contributed by atoms with Crippen molar-refractivity contribution < 1.29 is 0 Å². The van der Waals surface area contributed by atoms with E-state index >= 15 is 0 Å². The van der Waals surface area contributed by atoms with Crippen molar-refractivity contribution in [2.75, 3.05) is 0 Å². The zero-order valence-corrected chi connectivity index (χ0v) is 7.45. The van der Waals surface area contributed by atoms with Crippen molar-refractivity contribution in [3.8, 4) is 12.1 Å². The summed E-state index contributed by atoms with van der Waals surface area (Å²) in [6, 6.07) is 3.90. The lowest BCUT2D eigenvalue weighted by Gasteiger charge is -1.93. The van der Waals surface area contributed by atoms with Crippen LogP contribution in [0, 0.1) is 28.6 Å². The maximum atomic E-state index is 8.43. The van der Waals surface area contributed by atoms with Gasteiger partial charge in [-0.15, -0.1) is 0 Å². The predicted octanol–water partition coefficient (Wildman–Crippen LogP) is 2.79. The molecule has 0 aromatic carbocycles. The molecule has 0 saturated carbocycles. The smallest absolute Gasteiger partial charge is 0.133 e. The van der Waals surface area contributed by atoms with Gasteiger partial charge in [0.05, 0.1) is 12.1 Å². The van der Waals surface area contributed by atoms with E-state index in [4.69, 9.17) is 10.5 Å². The van der Waals surface area contributed by atoms with E-state index in [-0.39, 0.29) is 0 Å². The number of nitrogens with zero attached hydrogens (tertiary/aromatic N) is 2. The Bertz CT molecular complexity index is 191. The molecule has 0 bridgehead atoms. The first-order chi connectivity index (χ1) is 5.85. The van der Waals surface area contributed by atoms with Crippen LogP contribution in [-0.4, -0.2) is 0 Å². The number of hydrogen-bond donors (Lipinski definition) is 0. The largest absolute Gasteiger partial charge is 0.197 e. The fourth-order valence-corrected chi connectivity index (χ4v) is 0.823. The summed E-state index contributed by atoms with van der Waals surface area (Å²) in [5.74, 6) is -0.434. The molecule has 0 aromatic heterocycles. The molecule has 0 fully saturated rings. The van der Waals surface area contributed by atoms with Gasteiger partial charge < -0.3 is 0 Å². The van der Waals surface area contributed by atoms with Crippen LogP contribution in [0.25, 0.3) is 0 Å². The summed E-state index contributed by atoms with van der Waals surface area (Å²) in [5, 5.41) is 16.9. The molecule has 0 unspecified atom stereocenters. The van der Waals surface area contributed by atoms with Crippen molar-refractivity contribution in [2.45, 2.75) is 32.6 Å². The molecule has 0 aromatic rings. The average molecular weight is 162 g/mol. The van der Waals surface area contributed by atoms with Crippen LogP contribution in [0.15, 0.2) is 12.2 Å². The second-order valence-corrected chi connectivity index (χ2v) is 2.65. The molecular formula is C10H14N2. The minimum absolute atomic E-state index is 0.434. The summed E-state index contributed by atoms with van der Waals surface area (Å²) in [6.45, 7) is 2.12. The van der Waals surface area contributed by atoms with Crippen molar-refractivity contribution in [1.29, 1.82) is 10.5 Å². The third-order valence-electron chi connectivity index (χ3n) is 1.56. The molecule has 0 aliphatic heterocycles. The van der Waals surface area contributed by atoms with E-state index in [0.717, 1.165) is 19.3 Å². The van der Waals surface area contributed by atoms with Gasteiger partial charge in [0, 0.05) is 0 Å². The molecule has 0 rings (SSSR count). The van der Waals surface area contributed by atoms with Crippen molar-refractivity contribution in [3.63, 3.8) is 0 Å². The first-order valence-electron chi connectivity index (χ1n) is 4.29. The Balaban J connectivity index is 3.44. The minimum atomic E-state index is -0.434. The lowest BCUT2D eigenvalue weighted by molar-refractivity contribution is 0.744. The minimum Gasteiger partial charge on any atom is -0.197 e. The molecule has 2 nitrogen and oxygen atoms in total. The molecule has 64 valence electrons. The monoisotopic (exact) mass is 162 g/mol. The highest BCUT2D eigenvalue weighted by Gasteiger charge is 2.01. The van der Waals surface area contributed by atoms with E-state index in [1.54, 1.807) is 0 Å². The zero-order chi connectivity index (χ0) is 9.23. The van der Waals surface area contributed by atoms with Gasteiger partial charge in [0.1, 0.15) is 5.92 Å². The van der Waals surface area contributed by atoms with Crippen LogP contribution in [0.4, 0.5) is 0 Å². The quantitative estimate of drug-likeness (QED) is 0.583. The Morgan fingerprint density at radius 1 is 1.17 bits per heavy atom. The number of hydrogen-bond acceptors (Lipinski definition) is 2. The second kappa shape index (κ2) is 7.82. The molecule has 0 spiro atoms. The molecule has 0 radical (unpaired) electrons. The Labute approximate surface area is 74.1 Å². The Morgan fingerprint density at radius 2 is 1.75 bits per heavy atom. The van der Waals surface area contributed by atoms with E-state index in [1.165, 1.54) is 0 Å². The van der Waals surface area contributed by atoms with Crippen LogP contribution < -0.4 is 0 Å². The molecule has 0 aliphatic rings. The Kier molecular flexibility index (Phi) is 6.99. The van der Waals surface area contributed by atoms with Gasteiger partial charge in [-0.3, -0.25) is 0 Å².